The topological polar surface area (TPSA) is 80.9 Å². The largest absolute Gasteiger partial charge is 0.507 e. The molecule has 6 aromatic rings. The first kappa shape index (κ1) is 19.5. The van der Waals surface area contributed by atoms with Crippen LogP contribution in [0.3, 0.4) is 0 Å². The second kappa shape index (κ2) is 7.67. The van der Waals surface area contributed by atoms with Crippen LogP contribution in [0.2, 0.25) is 0 Å². The normalized spacial score (nSPS) is 11.0. The van der Waals surface area contributed by atoms with Gasteiger partial charge in [0.2, 0.25) is 0 Å². The molecule has 0 bridgehead atoms. The maximum absolute atomic E-state index is 9.77. The number of phenolic OH excluding ortho intramolecular Hbond substituents is 4. The SMILES string of the molecule is Oc1ccc2cc3ccccc3cc2c1O.Oc1cccc2cc3c(O)cccc3cc12. The highest BCUT2D eigenvalue weighted by atomic mass is 16.3. The summed E-state index contributed by atoms with van der Waals surface area (Å²) in [7, 11) is 0. The molecular formula is C28H20O4. The average molecular weight is 420 g/mol. The summed E-state index contributed by atoms with van der Waals surface area (Å²) in [5.74, 6) is 0.400. The third kappa shape index (κ3) is 3.38. The molecule has 4 nitrogen and oxygen atoms in total. The van der Waals surface area contributed by atoms with Crippen LogP contribution in [-0.4, -0.2) is 20.4 Å². The second-order valence-corrected chi connectivity index (χ2v) is 7.70. The summed E-state index contributed by atoms with van der Waals surface area (Å²) in [4.78, 5) is 0. The highest BCUT2D eigenvalue weighted by Crippen LogP contribution is 2.35. The molecule has 6 aromatic carbocycles. The molecule has 0 saturated carbocycles. The summed E-state index contributed by atoms with van der Waals surface area (Å²) in [6.07, 6.45) is 0. The van der Waals surface area contributed by atoms with E-state index in [1.54, 1.807) is 30.3 Å². The Labute approximate surface area is 183 Å². The van der Waals surface area contributed by atoms with Crippen molar-refractivity contribution in [2.45, 2.75) is 0 Å². The first-order valence-corrected chi connectivity index (χ1v) is 10.2. The lowest BCUT2D eigenvalue weighted by molar-refractivity contribution is 0.408. The Hall–Kier alpha value is -4.44. The Balaban J connectivity index is 0.000000135. The van der Waals surface area contributed by atoms with Gasteiger partial charge in [0.05, 0.1) is 0 Å². The summed E-state index contributed by atoms with van der Waals surface area (Å²) in [5.41, 5.74) is 0. The van der Waals surface area contributed by atoms with Gasteiger partial charge in [0.25, 0.3) is 0 Å². The predicted molar refractivity (Wildman–Crippen MR) is 130 cm³/mol. The van der Waals surface area contributed by atoms with Crippen LogP contribution < -0.4 is 0 Å². The molecule has 0 atom stereocenters. The van der Waals surface area contributed by atoms with Gasteiger partial charge in [-0.1, -0.05) is 54.6 Å². The number of hydrogen-bond donors (Lipinski definition) is 4. The van der Waals surface area contributed by atoms with Crippen molar-refractivity contribution in [3.05, 3.63) is 97.1 Å². The summed E-state index contributed by atoms with van der Waals surface area (Å²) in [6, 6.07) is 29.7. The molecule has 0 spiro atoms. The number of fused-ring (bicyclic) bond motifs is 4. The van der Waals surface area contributed by atoms with E-state index in [-0.39, 0.29) is 23.0 Å². The number of benzene rings is 6. The van der Waals surface area contributed by atoms with Gasteiger partial charge in [0, 0.05) is 16.2 Å². The first-order valence-electron chi connectivity index (χ1n) is 10.2. The van der Waals surface area contributed by atoms with E-state index < -0.39 is 0 Å². The van der Waals surface area contributed by atoms with E-state index in [1.165, 1.54) is 6.07 Å². The molecule has 0 saturated heterocycles. The number of hydrogen-bond acceptors (Lipinski definition) is 4. The summed E-state index contributed by atoms with van der Waals surface area (Å²) in [5, 5.41) is 45.9. The van der Waals surface area contributed by atoms with E-state index in [4.69, 9.17) is 0 Å². The van der Waals surface area contributed by atoms with Crippen LogP contribution in [0.1, 0.15) is 0 Å². The third-order valence-electron chi connectivity index (χ3n) is 5.67. The Kier molecular flexibility index (Phi) is 4.68. The minimum atomic E-state index is -0.0808. The van der Waals surface area contributed by atoms with Crippen LogP contribution in [0, 0.1) is 0 Å². The maximum Gasteiger partial charge on any atom is 0.165 e. The molecule has 0 fully saturated rings. The highest BCUT2D eigenvalue weighted by molar-refractivity contribution is 6.03. The molecule has 32 heavy (non-hydrogen) atoms. The van der Waals surface area contributed by atoms with Gasteiger partial charge < -0.3 is 20.4 Å². The van der Waals surface area contributed by atoms with Crippen LogP contribution in [0.5, 0.6) is 23.0 Å². The summed E-state index contributed by atoms with van der Waals surface area (Å²) >= 11 is 0. The minimum absolute atomic E-state index is 0.0525. The van der Waals surface area contributed by atoms with E-state index in [1.807, 2.05) is 60.7 Å². The van der Waals surface area contributed by atoms with Crippen molar-refractivity contribution in [2.75, 3.05) is 0 Å². The Morgan fingerprint density at radius 2 is 0.812 bits per heavy atom. The van der Waals surface area contributed by atoms with Gasteiger partial charge in [0.15, 0.2) is 11.5 Å². The molecule has 0 aliphatic heterocycles. The van der Waals surface area contributed by atoms with Crippen LogP contribution in [0.4, 0.5) is 0 Å². The van der Waals surface area contributed by atoms with E-state index in [0.29, 0.717) is 5.39 Å². The zero-order valence-electron chi connectivity index (χ0n) is 17.0. The molecule has 0 unspecified atom stereocenters. The summed E-state index contributed by atoms with van der Waals surface area (Å²) < 4.78 is 0. The van der Waals surface area contributed by atoms with Gasteiger partial charge in [-0.25, -0.2) is 0 Å². The number of aromatic hydroxyl groups is 4. The minimum Gasteiger partial charge on any atom is -0.507 e. The molecule has 0 aliphatic rings. The number of phenols is 4. The van der Waals surface area contributed by atoms with Gasteiger partial charge in [0.1, 0.15) is 11.5 Å². The first-order chi connectivity index (χ1) is 15.5. The standard InChI is InChI=1S/2C14H10O2/c15-13-5-1-3-9-7-12-10(8-11(9)13)4-2-6-14(12)16;15-13-6-5-11-7-9-3-1-2-4-10(9)8-12(11)14(13)16/h2*1-8,15-16H. The fourth-order valence-electron chi connectivity index (χ4n) is 4.00. The van der Waals surface area contributed by atoms with Gasteiger partial charge in [-0.05, 0) is 69.4 Å². The third-order valence-corrected chi connectivity index (χ3v) is 5.67. The molecule has 6 rings (SSSR count). The molecule has 0 radical (unpaired) electrons. The van der Waals surface area contributed by atoms with E-state index in [2.05, 4.69) is 0 Å². The molecule has 4 N–H and O–H groups in total. The average Bonchev–Trinajstić information content (AvgIpc) is 2.81. The monoisotopic (exact) mass is 420 g/mol. The molecule has 0 amide bonds. The molecule has 0 aromatic heterocycles. The van der Waals surface area contributed by atoms with Crippen molar-refractivity contribution in [3.8, 4) is 23.0 Å². The van der Waals surface area contributed by atoms with Gasteiger partial charge >= 0.3 is 0 Å². The Morgan fingerprint density at radius 3 is 1.41 bits per heavy atom. The van der Waals surface area contributed by atoms with E-state index >= 15 is 0 Å². The zero-order chi connectivity index (χ0) is 22.2. The molecule has 156 valence electrons. The van der Waals surface area contributed by atoms with Crippen LogP contribution in [0.25, 0.3) is 43.1 Å². The second-order valence-electron chi connectivity index (χ2n) is 7.70. The van der Waals surface area contributed by atoms with Crippen molar-refractivity contribution in [1.82, 2.24) is 0 Å². The molecule has 0 aliphatic carbocycles. The Bertz CT molecular complexity index is 1560. The molecule has 4 heteroatoms. The van der Waals surface area contributed by atoms with Crippen molar-refractivity contribution in [2.24, 2.45) is 0 Å². The van der Waals surface area contributed by atoms with Crippen LogP contribution in [0.15, 0.2) is 97.1 Å². The van der Waals surface area contributed by atoms with E-state index in [9.17, 15) is 20.4 Å². The molecular weight excluding hydrogens is 400 g/mol. The van der Waals surface area contributed by atoms with E-state index in [0.717, 1.165) is 37.7 Å². The van der Waals surface area contributed by atoms with Gasteiger partial charge in [-0.15, -0.1) is 0 Å². The number of rotatable bonds is 0. The van der Waals surface area contributed by atoms with Gasteiger partial charge in [-0.3, -0.25) is 0 Å². The fourth-order valence-corrected chi connectivity index (χ4v) is 4.00. The van der Waals surface area contributed by atoms with Crippen LogP contribution >= 0.6 is 0 Å². The van der Waals surface area contributed by atoms with Crippen molar-refractivity contribution in [1.29, 1.82) is 0 Å². The predicted octanol–water partition coefficient (Wildman–Crippen LogP) is 6.81. The maximum atomic E-state index is 9.77. The molecule has 0 heterocycles. The van der Waals surface area contributed by atoms with Crippen molar-refractivity contribution < 1.29 is 20.4 Å². The quantitative estimate of drug-likeness (QED) is 0.161. The highest BCUT2D eigenvalue weighted by Gasteiger charge is 2.06. The lowest BCUT2D eigenvalue weighted by Crippen LogP contribution is -1.77. The lowest BCUT2D eigenvalue weighted by Gasteiger charge is -2.05. The zero-order valence-corrected chi connectivity index (χ0v) is 17.0. The van der Waals surface area contributed by atoms with Crippen LogP contribution in [-0.2, 0) is 0 Å². The fraction of sp³-hybridized carbons (Fsp3) is 0. The van der Waals surface area contributed by atoms with Crippen molar-refractivity contribution >= 4 is 43.1 Å². The lowest BCUT2D eigenvalue weighted by atomic mass is 10.0. The van der Waals surface area contributed by atoms with Gasteiger partial charge in [-0.2, -0.15) is 0 Å². The Morgan fingerprint density at radius 1 is 0.344 bits per heavy atom. The smallest absolute Gasteiger partial charge is 0.165 e. The van der Waals surface area contributed by atoms with Crippen molar-refractivity contribution in [3.63, 3.8) is 0 Å². The summed E-state index contributed by atoms with van der Waals surface area (Å²) in [6.45, 7) is 0.